The molecule has 0 unspecified atom stereocenters. The lowest BCUT2D eigenvalue weighted by Crippen LogP contribution is -2.45. The van der Waals surface area contributed by atoms with Crippen molar-refractivity contribution in [2.75, 3.05) is 13.1 Å². The molecule has 2 N–H and O–H groups in total. The molecule has 0 bridgehead atoms. The molecule has 0 spiro atoms. The third-order valence-corrected chi connectivity index (χ3v) is 4.68. The Morgan fingerprint density at radius 2 is 2.39 bits per heavy atom. The summed E-state index contributed by atoms with van der Waals surface area (Å²) in [5.41, 5.74) is 5.95. The SMILES string of the molecule is Cc1ccc(CC(=O)N2CCC[C@@H]([C@H](C)N)C2)s1. The van der Waals surface area contributed by atoms with E-state index in [0.717, 1.165) is 25.9 Å². The van der Waals surface area contributed by atoms with Crippen molar-refractivity contribution in [3.05, 3.63) is 21.9 Å². The van der Waals surface area contributed by atoms with Crippen LogP contribution < -0.4 is 5.73 Å². The van der Waals surface area contributed by atoms with Gasteiger partial charge in [-0.1, -0.05) is 0 Å². The zero-order valence-corrected chi connectivity index (χ0v) is 12.0. The predicted octanol–water partition coefficient (Wildman–Crippen LogP) is 2.18. The monoisotopic (exact) mass is 266 g/mol. The maximum atomic E-state index is 12.2. The number of hydrogen-bond donors (Lipinski definition) is 1. The van der Waals surface area contributed by atoms with Crippen molar-refractivity contribution < 1.29 is 4.79 Å². The van der Waals surface area contributed by atoms with Crippen molar-refractivity contribution in [3.8, 4) is 0 Å². The van der Waals surface area contributed by atoms with Gasteiger partial charge in [-0.05, 0) is 44.7 Å². The van der Waals surface area contributed by atoms with Gasteiger partial charge in [-0.2, -0.15) is 0 Å². The molecule has 18 heavy (non-hydrogen) atoms. The lowest BCUT2D eigenvalue weighted by Gasteiger charge is -2.34. The minimum atomic E-state index is 0.185. The number of rotatable bonds is 3. The van der Waals surface area contributed by atoms with Crippen molar-refractivity contribution in [1.29, 1.82) is 0 Å². The number of nitrogens with zero attached hydrogens (tertiary/aromatic N) is 1. The fourth-order valence-corrected chi connectivity index (χ4v) is 3.39. The second-order valence-corrected chi connectivity index (χ2v) is 6.66. The molecule has 0 aliphatic carbocycles. The van der Waals surface area contributed by atoms with Crippen LogP contribution >= 0.6 is 11.3 Å². The first-order valence-corrected chi connectivity index (χ1v) is 7.46. The lowest BCUT2D eigenvalue weighted by atomic mass is 9.92. The summed E-state index contributed by atoms with van der Waals surface area (Å²) >= 11 is 1.71. The molecular weight excluding hydrogens is 244 g/mol. The van der Waals surface area contributed by atoms with Crippen LogP contribution in [-0.4, -0.2) is 29.9 Å². The average molecular weight is 266 g/mol. The maximum Gasteiger partial charge on any atom is 0.227 e. The number of carbonyl (C=O) groups is 1. The molecule has 2 atom stereocenters. The highest BCUT2D eigenvalue weighted by molar-refractivity contribution is 7.12. The van der Waals surface area contributed by atoms with Crippen molar-refractivity contribution in [1.82, 2.24) is 4.90 Å². The Bertz CT molecular complexity index is 414. The summed E-state index contributed by atoms with van der Waals surface area (Å²) in [4.78, 5) is 16.7. The highest BCUT2D eigenvalue weighted by atomic mass is 32.1. The van der Waals surface area contributed by atoms with Gasteiger partial charge >= 0.3 is 0 Å². The van der Waals surface area contributed by atoms with Crippen molar-refractivity contribution in [2.24, 2.45) is 11.7 Å². The van der Waals surface area contributed by atoms with E-state index in [0.29, 0.717) is 12.3 Å². The van der Waals surface area contributed by atoms with Crippen molar-refractivity contribution in [2.45, 2.75) is 39.2 Å². The van der Waals surface area contributed by atoms with Gasteiger partial charge in [0.2, 0.25) is 5.91 Å². The van der Waals surface area contributed by atoms with E-state index in [-0.39, 0.29) is 11.9 Å². The first-order valence-electron chi connectivity index (χ1n) is 6.65. The van der Waals surface area contributed by atoms with Crippen LogP contribution in [0.2, 0.25) is 0 Å². The molecule has 0 aromatic carbocycles. The summed E-state index contributed by atoms with van der Waals surface area (Å²) in [6.07, 6.45) is 2.78. The van der Waals surface area contributed by atoms with Gasteiger partial charge in [0.1, 0.15) is 0 Å². The summed E-state index contributed by atoms with van der Waals surface area (Å²) in [7, 11) is 0. The van der Waals surface area contributed by atoms with E-state index >= 15 is 0 Å². The molecule has 3 nitrogen and oxygen atoms in total. The highest BCUT2D eigenvalue weighted by Crippen LogP contribution is 2.21. The van der Waals surface area contributed by atoms with Crippen LogP contribution in [0.4, 0.5) is 0 Å². The standard InChI is InChI=1S/C14H22N2OS/c1-10-5-6-13(18-10)8-14(17)16-7-3-4-12(9-16)11(2)15/h5-6,11-12H,3-4,7-9,15H2,1-2H3/t11-,12+/m0/s1. The van der Waals surface area contributed by atoms with E-state index in [1.54, 1.807) is 11.3 Å². The van der Waals surface area contributed by atoms with Gasteiger partial charge in [0.25, 0.3) is 0 Å². The highest BCUT2D eigenvalue weighted by Gasteiger charge is 2.25. The lowest BCUT2D eigenvalue weighted by molar-refractivity contribution is -0.132. The maximum absolute atomic E-state index is 12.2. The Labute approximate surface area is 113 Å². The summed E-state index contributed by atoms with van der Waals surface area (Å²) in [6.45, 7) is 5.85. The number of likely N-dealkylation sites (tertiary alicyclic amines) is 1. The van der Waals surface area contributed by atoms with Gasteiger partial charge in [0.05, 0.1) is 6.42 Å². The van der Waals surface area contributed by atoms with Crippen LogP contribution in [0.5, 0.6) is 0 Å². The van der Waals surface area contributed by atoms with E-state index in [2.05, 4.69) is 19.1 Å². The van der Waals surface area contributed by atoms with Crippen LogP contribution in [0.15, 0.2) is 12.1 Å². The second-order valence-electron chi connectivity index (χ2n) is 5.29. The van der Waals surface area contributed by atoms with E-state index in [9.17, 15) is 4.79 Å². The molecule has 0 saturated carbocycles. The molecule has 0 radical (unpaired) electrons. The van der Waals surface area contributed by atoms with Crippen LogP contribution in [0.3, 0.4) is 0 Å². The molecule has 1 fully saturated rings. The van der Waals surface area contributed by atoms with E-state index < -0.39 is 0 Å². The summed E-state index contributed by atoms with van der Waals surface area (Å²) in [5, 5.41) is 0. The fraction of sp³-hybridized carbons (Fsp3) is 0.643. The summed E-state index contributed by atoms with van der Waals surface area (Å²) in [5.74, 6) is 0.718. The van der Waals surface area contributed by atoms with Gasteiger partial charge in [-0.25, -0.2) is 0 Å². The fourth-order valence-electron chi connectivity index (χ4n) is 2.51. The quantitative estimate of drug-likeness (QED) is 0.911. The Morgan fingerprint density at radius 1 is 1.61 bits per heavy atom. The van der Waals surface area contributed by atoms with Gasteiger partial charge in [0, 0.05) is 28.9 Å². The minimum absolute atomic E-state index is 0.185. The number of carbonyl (C=O) groups excluding carboxylic acids is 1. The molecule has 1 saturated heterocycles. The smallest absolute Gasteiger partial charge is 0.227 e. The second kappa shape index (κ2) is 5.85. The van der Waals surface area contributed by atoms with Crippen LogP contribution in [0, 0.1) is 12.8 Å². The normalized spacial score (nSPS) is 21.9. The number of piperidine rings is 1. The molecule has 1 amide bonds. The Morgan fingerprint density at radius 3 is 3.00 bits per heavy atom. The minimum Gasteiger partial charge on any atom is -0.342 e. The molecule has 1 aliphatic rings. The first kappa shape index (κ1) is 13.6. The molecule has 1 aliphatic heterocycles. The molecule has 1 aromatic rings. The van der Waals surface area contributed by atoms with Crippen LogP contribution in [-0.2, 0) is 11.2 Å². The predicted molar refractivity (Wildman–Crippen MR) is 75.7 cm³/mol. The average Bonchev–Trinajstić information content (AvgIpc) is 2.75. The van der Waals surface area contributed by atoms with E-state index in [1.807, 2.05) is 11.8 Å². The summed E-state index contributed by atoms with van der Waals surface area (Å²) in [6, 6.07) is 4.32. The van der Waals surface area contributed by atoms with Gasteiger partial charge in [0.15, 0.2) is 0 Å². The first-order chi connectivity index (χ1) is 8.56. The third kappa shape index (κ3) is 3.33. The molecule has 1 aromatic heterocycles. The Kier molecular flexibility index (Phi) is 4.40. The zero-order chi connectivity index (χ0) is 13.1. The number of aryl methyl sites for hydroxylation is 1. The van der Waals surface area contributed by atoms with Gasteiger partial charge in [-0.15, -0.1) is 11.3 Å². The van der Waals surface area contributed by atoms with E-state index in [1.165, 1.54) is 9.75 Å². The molecule has 100 valence electrons. The molecule has 4 heteroatoms. The van der Waals surface area contributed by atoms with Crippen molar-refractivity contribution in [3.63, 3.8) is 0 Å². The van der Waals surface area contributed by atoms with Gasteiger partial charge < -0.3 is 10.6 Å². The van der Waals surface area contributed by atoms with Gasteiger partial charge in [-0.3, -0.25) is 4.79 Å². The number of hydrogen-bond acceptors (Lipinski definition) is 3. The molecular formula is C14H22N2OS. The molecule has 2 rings (SSSR count). The summed E-state index contributed by atoms with van der Waals surface area (Å²) < 4.78 is 0. The van der Waals surface area contributed by atoms with Crippen LogP contribution in [0.25, 0.3) is 0 Å². The number of thiophene rings is 1. The number of amides is 1. The van der Waals surface area contributed by atoms with Crippen LogP contribution in [0.1, 0.15) is 29.5 Å². The molecule has 2 heterocycles. The number of nitrogens with two attached hydrogens (primary N) is 1. The topological polar surface area (TPSA) is 46.3 Å². The largest absolute Gasteiger partial charge is 0.342 e. The van der Waals surface area contributed by atoms with Crippen molar-refractivity contribution >= 4 is 17.2 Å². The zero-order valence-electron chi connectivity index (χ0n) is 11.2. The Hall–Kier alpha value is -0.870. The van der Waals surface area contributed by atoms with E-state index in [4.69, 9.17) is 5.73 Å². The third-order valence-electron chi connectivity index (χ3n) is 3.68. The Balaban J connectivity index is 1.92.